The van der Waals surface area contributed by atoms with Crippen LogP contribution in [-0.4, -0.2) is 26.2 Å². The third kappa shape index (κ3) is 2.53. The van der Waals surface area contributed by atoms with Crippen LogP contribution in [0.2, 0.25) is 0 Å². The highest BCUT2D eigenvalue weighted by molar-refractivity contribution is 5.54. The predicted molar refractivity (Wildman–Crippen MR) is 68.7 cm³/mol. The van der Waals surface area contributed by atoms with Gasteiger partial charge in [0.2, 0.25) is 5.95 Å². The predicted octanol–water partition coefficient (Wildman–Crippen LogP) is 1.89. The minimum atomic E-state index is 0.566. The molecule has 2 aromatic heterocycles. The number of hydrogen-bond acceptors (Lipinski definition) is 6. The number of aryl methyl sites for hydroxylation is 1. The monoisotopic (exact) mass is 242 g/mol. The first kappa shape index (κ1) is 10.9. The number of aromatic nitrogens is 4. The van der Waals surface area contributed by atoms with Crippen molar-refractivity contribution in [2.24, 2.45) is 0 Å². The summed E-state index contributed by atoms with van der Waals surface area (Å²) in [4.78, 5) is 8.72. The molecule has 2 heterocycles. The summed E-state index contributed by atoms with van der Waals surface area (Å²) in [5.41, 5.74) is 1.88. The van der Waals surface area contributed by atoms with Crippen molar-refractivity contribution >= 4 is 17.5 Å². The highest BCUT2D eigenvalue weighted by Crippen LogP contribution is 2.25. The number of nitrogens with zero attached hydrogens (tertiary/aromatic N) is 4. The molecule has 0 atom stereocenters. The van der Waals surface area contributed by atoms with Crippen molar-refractivity contribution in [3.63, 3.8) is 0 Å². The normalized spacial score (nSPS) is 14.3. The van der Waals surface area contributed by atoms with E-state index in [1.165, 1.54) is 12.8 Å². The van der Waals surface area contributed by atoms with Gasteiger partial charge >= 0.3 is 0 Å². The molecule has 1 aliphatic rings. The van der Waals surface area contributed by atoms with Gasteiger partial charge in [-0.05, 0) is 25.8 Å². The Hall–Kier alpha value is -2.24. The Morgan fingerprint density at radius 1 is 1.22 bits per heavy atom. The molecule has 0 aromatic carbocycles. The molecule has 0 spiro atoms. The Labute approximate surface area is 105 Å². The second-order valence-electron chi connectivity index (χ2n) is 4.40. The molecule has 0 bridgehead atoms. The van der Waals surface area contributed by atoms with E-state index >= 15 is 0 Å². The van der Waals surface area contributed by atoms with E-state index < -0.39 is 0 Å². The molecule has 1 fully saturated rings. The number of nitrogens with one attached hydrogen (secondary N) is 2. The molecule has 6 nitrogen and oxygen atoms in total. The molecule has 0 unspecified atom stereocenters. The van der Waals surface area contributed by atoms with Crippen LogP contribution >= 0.6 is 0 Å². The Morgan fingerprint density at radius 3 is 2.83 bits per heavy atom. The first-order valence-corrected chi connectivity index (χ1v) is 5.95. The Morgan fingerprint density at radius 2 is 2.11 bits per heavy atom. The Balaban J connectivity index is 1.79. The molecule has 1 aliphatic carbocycles. The van der Waals surface area contributed by atoms with Gasteiger partial charge < -0.3 is 10.6 Å². The van der Waals surface area contributed by atoms with Crippen LogP contribution in [0.25, 0.3) is 0 Å². The van der Waals surface area contributed by atoms with Crippen molar-refractivity contribution in [1.29, 1.82) is 0 Å². The summed E-state index contributed by atoms with van der Waals surface area (Å²) in [7, 11) is 0. The SMILES string of the molecule is Cc1cnc(Nc2ccnnc2)nc1NC1CC1. The molecule has 92 valence electrons. The Bertz CT molecular complexity index is 538. The van der Waals surface area contributed by atoms with Crippen molar-refractivity contribution < 1.29 is 0 Å². The van der Waals surface area contributed by atoms with Gasteiger partial charge in [0, 0.05) is 17.8 Å². The molecule has 0 amide bonds. The molecule has 1 saturated carbocycles. The molecule has 18 heavy (non-hydrogen) atoms. The van der Waals surface area contributed by atoms with Crippen LogP contribution in [0.5, 0.6) is 0 Å². The molecule has 2 aromatic rings. The molecule has 2 N–H and O–H groups in total. The average Bonchev–Trinajstić information content (AvgIpc) is 3.19. The van der Waals surface area contributed by atoms with Gasteiger partial charge in [-0.15, -0.1) is 0 Å². The van der Waals surface area contributed by atoms with E-state index in [1.54, 1.807) is 12.4 Å². The zero-order valence-electron chi connectivity index (χ0n) is 10.1. The van der Waals surface area contributed by atoms with Crippen LogP contribution in [0.3, 0.4) is 0 Å². The minimum absolute atomic E-state index is 0.566. The van der Waals surface area contributed by atoms with Crippen LogP contribution in [0.15, 0.2) is 24.7 Å². The van der Waals surface area contributed by atoms with Crippen molar-refractivity contribution in [2.45, 2.75) is 25.8 Å². The van der Waals surface area contributed by atoms with Gasteiger partial charge in [-0.3, -0.25) is 0 Å². The summed E-state index contributed by atoms with van der Waals surface area (Å²) in [5.74, 6) is 1.47. The van der Waals surface area contributed by atoms with Crippen LogP contribution in [0.1, 0.15) is 18.4 Å². The van der Waals surface area contributed by atoms with Crippen LogP contribution < -0.4 is 10.6 Å². The fourth-order valence-corrected chi connectivity index (χ4v) is 1.56. The lowest BCUT2D eigenvalue weighted by atomic mass is 10.3. The van der Waals surface area contributed by atoms with Gasteiger partial charge in [-0.25, -0.2) is 4.98 Å². The summed E-state index contributed by atoms with van der Waals surface area (Å²) in [6, 6.07) is 2.40. The first-order chi connectivity index (χ1) is 8.81. The fraction of sp³-hybridized carbons (Fsp3) is 0.333. The van der Waals surface area contributed by atoms with Gasteiger partial charge in [0.1, 0.15) is 5.82 Å². The lowest BCUT2D eigenvalue weighted by Gasteiger charge is -2.09. The maximum atomic E-state index is 4.47. The van der Waals surface area contributed by atoms with Crippen molar-refractivity contribution in [1.82, 2.24) is 20.2 Å². The van der Waals surface area contributed by atoms with Crippen LogP contribution in [0, 0.1) is 6.92 Å². The standard InChI is InChI=1S/C12H14N6/c1-8-6-13-12(17-10-4-5-14-15-7-10)18-11(8)16-9-2-3-9/h4-7,9H,2-3H2,1H3,(H2,13,14,16,17,18). The van der Waals surface area contributed by atoms with E-state index in [2.05, 4.69) is 30.8 Å². The summed E-state index contributed by atoms with van der Waals surface area (Å²) < 4.78 is 0. The third-order valence-electron chi connectivity index (χ3n) is 2.73. The molecule has 0 radical (unpaired) electrons. The molecule has 0 aliphatic heterocycles. The third-order valence-corrected chi connectivity index (χ3v) is 2.73. The zero-order valence-corrected chi connectivity index (χ0v) is 10.1. The highest BCUT2D eigenvalue weighted by Gasteiger charge is 2.22. The molecule has 0 saturated heterocycles. The van der Waals surface area contributed by atoms with E-state index in [-0.39, 0.29) is 0 Å². The minimum Gasteiger partial charge on any atom is -0.367 e. The molecule has 6 heteroatoms. The van der Waals surface area contributed by atoms with Gasteiger partial charge in [0.25, 0.3) is 0 Å². The topological polar surface area (TPSA) is 75.6 Å². The second-order valence-corrected chi connectivity index (χ2v) is 4.40. The summed E-state index contributed by atoms with van der Waals surface area (Å²) >= 11 is 0. The lowest BCUT2D eigenvalue weighted by molar-refractivity contribution is 1.02. The van der Waals surface area contributed by atoms with E-state index in [9.17, 15) is 0 Å². The van der Waals surface area contributed by atoms with E-state index in [4.69, 9.17) is 0 Å². The summed E-state index contributed by atoms with van der Waals surface area (Å²) in [6.07, 6.45) is 7.52. The quantitative estimate of drug-likeness (QED) is 0.852. The van der Waals surface area contributed by atoms with Gasteiger partial charge in [0.15, 0.2) is 0 Å². The summed E-state index contributed by atoms with van der Waals surface area (Å²) in [6.45, 7) is 2.00. The lowest BCUT2D eigenvalue weighted by Crippen LogP contribution is -2.07. The first-order valence-electron chi connectivity index (χ1n) is 5.95. The van der Waals surface area contributed by atoms with Gasteiger partial charge in [-0.1, -0.05) is 0 Å². The molecular weight excluding hydrogens is 228 g/mol. The maximum absolute atomic E-state index is 4.47. The fourth-order valence-electron chi connectivity index (χ4n) is 1.56. The van der Waals surface area contributed by atoms with Gasteiger partial charge in [-0.2, -0.15) is 15.2 Å². The van der Waals surface area contributed by atoms with E-state index in [1.807, 2.05) is 19.2 Å². The smallest absolute Gasteiger partial charge is 0.229 e. The van der Waals surface area contributed by atoms with Crippen molar-refractivity contribution in [3.05, 3.63) is 30.2 Å². The largest absolute Gasteiger partial charge is 0.367 e. The highest BCUT2D eigenvalue weighted by atomic mass is 15.2. The second kappa shape index (κ2) is 4.56. The van der Waals surface area contributed by atoms with E-state index in [0.29, 0.717) is 12.0 Å². The van der Waals surface area contributed by atoms with Crippen molar-refractivity contribution in [2.75, 3.05) is 10.6 Å². The van der Waals surface area contributed by atoms with Crippen molar-refractivity contribution in [3.8, 4) is 0 Å². The van der Waals surface area contributed by atoms with Crippen LogP contribution in [0.4, 0.5) is 17.5 Å². The summed E-state index contributed by atoms with van der Waals surface area (Å²) in [5, 5.41) is 14.0. The van der Waals surface area contributed by atoms with E-state index in [0.717, 1.165) is 17.1 Å². The maximum Gasteiger partial charge on any atom is 0.229 e. The van der Waals surface area contributed by atoms with Crippen LogP contribution in [-0.2, 0) is 0 Å². The molecule has 3 rings (SSSR count). The van der Waals surface area contributed by atoms with Gasteiger partial charge in [0.05, 0.1) is 18.1 Å². The average molecular weight is 242 g/mol. The Kier molecular flexibility index (Phi) is 2.76. The molecular formula is C12H14N6. The zero-order chi connectivity index (χ0) is 12.4. The number of anilines is 3. The number of hydrogen-bond donors (Lipinski definition) is 2. The number of rotatable bonds is 4.